The van der Waals surface area contributed by atoms with E-state index in [1.807, 2.05) is 12.1 Å². The molecule has 0 saturated heterocycles. The number of rotatable bonds is 5. The van der Waals surface area contributed by atoms with Crippen LogP contribution in [0.25, 0.3) is 0 Å². The smallest absolute Gasteiger partial charge is 0.160 e. The first kappa shape index (κ1) is 15.2. The standard InChI is InChI=1S/C17H20FNO2/c1-4-19(15-8-6-14(18)7-9-15)12(2)13-5-10-16(20)17(11-13)21-3/h5-12,20H,4H2,1-3H3. The van der Waals surface area contributed by atoms with Crippen molar-refractivity contribution in [3.63, 3.8) is 0 Å². The highest BCUT2D eigenvalue weighted by atomic mass is 19.1. The second kappa shape index (κ2) is 6.48. The van der Waals surface area contributed by atoms with Crippen molar-refractivity contribution in [2.75, 3.05) is 18.6 Å². The zero-order valence-electron chi connectivity index (χ0n) is 12.5. The van der Waals surface area contributed by atoms with E-state index in [0.717, 1.165) is 17.8 Å². The monoisotopic (exact) mass is 289 g/mol. The van der Waals surface area contributed by atoms with E-state index in [-0.39, 0.29) is 17.6 Å². The zero-order chi connectivity index (χ0) is 15.4. The molecule has 112 valence electrons. The Morgan fingerprint density at radius 3 is 2.43 bits per heavy atom. The molecule has 3 nitrogen and oxygen atoms in total. The highest BCUT2D eigenvalue weighted by Gasteiger charge is 2.16. The van der Waals surface area contributed by atoms with Crippen molar-refractivity contribution >= 4 is 5.69 Å². The Kier molecular flexibility index (Phi) is 4.68. The van der Waals surface area contributed by atoms with Gasteiger partial charge in [-0.25, -0.2) is 4.39 Å². The normalized spacial score (nSPS) is 12.0. The molecule has 0 aliphatic heterocycles. The molecule has 2 rings (SSSR count). The number of aromatic hydroxyl groups is 1. The molecule has 0 fully saturated rings. The Bertz CT molecular complexity index is 598. The number of methoxy groups -OCH3 is 1. The third kappa shape index (κ3) is 3.27. The van der Waals surface area contributed by atoms with Crippen molar-refractivity contribution in [2.45, 2.75) is 19.9 Å². The molecule has 21 heavy (non-hydrogen) atoms. The average molecular weight is 289 g/mol. The van der Waals surface area contributed by atoms with Crippen LogP contribution in [0.1, 0.15) is 25.5 Å². The summed E-state index contributed by atoms with van der Waals surface area (Å²) in [5.41, 5.74) is 1.98. The highest BCUT2D eigenvalue weighted by Crippen LogP contribution is 2.32. The third-order valence-electron chi connectivity index (χ3n) is 3.65. The Morgan fingerprint density at radius 2 is 1.86 bits per heavy atom. The summed E-state index contributed by atoms with van der Waals surface area (Å²) in [6.45, 7) is 4.91. The van der Waals surface area contributed by atoms with Gasteiger partial charge in [0.2, 0.25) is 0 Å². The summed E-state index contributed by atoms with van der Waals surface area (Å²) in [5, 5.41) is 9.68. The van der Waals surface area contributed by atoms with Crippen molar-refractivity contribution < 1.29 is 14.2 Å². The van der Waals surface area contributed by atoms with E-state index < -0.39 is 0 Å². The fourth-order valence-corrected chi connectivity index (χ4v) is 2.45. The number of anilines is 1. The van der Waals surface area contributed by atoms with E-state index in [9.17, 15) is 9.50 Å². The number of phenols is 1. The molecule has 0 heterocycles. The Balaban J connectivity index is 2.31. The van der Waals surface area contributed by atoms with Crippen LogP contribution >= 0.6 is 0 Å². The van der Waals surface area contributed by atoms with Crippen molar-refractivity contribution in [3.8, 4) is 11.5 Å². The average Bonchev–Trinajstić information content (AvgIpc) is 2.50. The van der Waals surface area contributed by atoms with Crippen molar-refractivity contribution in [1.82, 2.24) is 0 Å². The third-order valence-corrected chi connectivity index (χ3v) is 3.65. The minimum Gasteiger partial charge on any atom is -0.504 e. The van der Waals surface area contributed by atoms with E-state index in [2.05, 4.69) is 18.7 Å². The molecule has 0 saturated carbocycles. The highest BCUT2D eigenvalue weighted by molar-refractivity contribution is 5.50. The Morgan fingerprint density at radius 1 is 1.19 bits per heavy atom. The van der Waals surface area contributed by atoms with E-state index >= 15 is 0 Å². The van der Waals surface area contributed by atoms with Gasteiger partial charge in [0.15, 0.2) is 11.5 Å². The van der Waals surface area contributed by atoms with Crippen LogP contribution in [0, 0.1) is 5.82 Å². The minimum absolute atomic E-state index is 0.0787. The van der Waals surface area contributed by atoms with Crippen LogP contribution in [0.3, 0.4) is 0 Å². The first-order valence-corrected chi connectivity index (χ1v) is 6.96. The lowest BCUT2D eigenvalue weighted by Crippen LogP contribution is -2.26. The van der Waals surface area contributed by atoms with Gasteiger partial charge in [0.25, 0.3) is 0 Å². The van der Waals surface area contributed by atoms with Gasteiger partial charge in [0.05, 0.1) is 13.2 Å². The molecule has 1 atom stereocenters. The van der Waals surface area contributed by atoms with Crippen molar-refractivity contribution in [2.24, 2.45) is 0 Å². The van der Waals surface area contributed by atoms with Crippen LogP contribution in [-0.4, -0.2) is 18.8 Å². The number of hydrogen-bond acceptors (Lipinski definition) is 3. The van der Waals surface area contributed by atoms with Gasteiger partial charge in [-0.15, -0.1) is 0 Å². The second-order valence-electron chi connectivity index (χ2n) is 4.87. The summed E-state index contributed by atoms with van der Waals surface area (Å²) in [6, 6.07) is 11.9. The summed E-state index contributed by atoms with van der Waals surface area (Å²) in [6.07, 6.45) is 0. The van der Waals surface area contributed by atoms with E-state index in [4.69, 9.17) is 4.74 Å². The fraction of sp³-hybridized carbons (Fsp3) is 0.294. The molecule has 0 spiro atoms. The van der Waals surface area contributed by atoms with Gasteiger partial charge in [0, 0.05) is 12.2 Å². The number of ether oxygens (including phenoxy) is 1. The molecule has 0 aromatic heterocycles. The largest absolute Gasteiger partial charge is 0.504 e. The molecule has 2 aromatic carbocycles. The molecule has 0 aliphatic carbocycles. The van der Waals surface area contributed by atoms with E-state index in [1.165, 1.54) is 19.2 Å². The first-order chi connectivity index (χ1) is 10.1. The molecule has 1 unspecified atom stereocenters. The molecule has 0 radical (unpaired) electrons. The van der Waals surface area contributed by atoms with E-state index in [0.29, 0.717) is 5.75 Å². The summed E-state index contributed by atoms with van der Waals surface area (Å²) in [7, 11) is 1.53. The summed E-state index contributed by atoms with van der Waals surface area (Å²) in [5.74, 6) is 0.335. The maximum atomic E-state index is 13.1. The van der Waals surface area contributed by atoms with Crippen molar-refractivity contribution in [3.05, 3.63) is 53.8 Å². The lowest BCUT2D eigenvalue weighted by molar-refractivity contribution is 0.372. The molecule has 0 amide bonds. The van der Waals surface area contributed by atoms with Crippen LogP contribution in [0.4, 0.5) is 10.1 Å². The molecule has 0 aliphatic rings. The van der Waals surface area contributed by atoms with Gasteiger partial charge in [-0.3, -0.25) is 0 Å². The summed E-state index contributed by atoms with van der Waals surface area (Å²) >= 11 is 0. The van der Waals surface area contributed by atoms with Gasteiger partial charge in [-0.2, -0.15) is 0 Å². The maximum absolute atomic E-state index is 13.1. The Hall–Kier alpha value is -2.23. The molecule has 0 bridgehead atoms. The maximum Gasteiger partial charge on any atom is 0.160 e. The second-order valence-corrected chi connectivity index (χ2v) is 4.87. The van der Waals surface area contributed by atoms with Crippen molar-refractivity contribution in [1.29, 1.82) is 0 Å². The van der Waals surface area contributed by atoms with Crippen LogP contribution in [-0.2, 0) is 0 Å². The number of phenolic OH excluding ortho intramolecular Hbond substituents is 1. The SMILES string of the molecule is CCN(c1ccc(F)cc1)C(C)c1ccc(O)c(OC)c1. The molecular weight excluding hydrogens is 269 g/mol. The predicted octanol–water partition coefficient (Wildman–Crippen LogP) is 4.13. The number of benzene rings is 2. The zero-order valence-corrected chi connectivity index (χ0v) is 12.5. The van der Waals surface area contributed by atoms with Gasteiger partial charge < -0.3 is 14.7 Å². The van der Waals surface area contributed by atoms with E-state index in [1.54, 1.807) is 18.2 Å². The molecule has 1 N–H and O–H groups in total. The number of hydrogen-bond donors (Lipinski definition) is 1. The summed E-state index contributed by atoms with van der Waals surface area (Å²) < 4.78 is 18.2. The number of nitrogens with zero attached hydrogens (tertiary/aromatic N) is 1. The van der Waals surface area contributed by atoms with Crippen LogP contribution < -0.4 is 9.64 Å². The predicted molar refractivity (Wildman–Crippen MR) is 82.5 cm³/mol. The van der Waals surface area contributed by atoms with Crippen LogP contribution in [0.5, 0.6) is 11.5 Å². The Labute approximate surface area is 124 Å². The fourth-order valence-electron chi connectivity index (χ4n) is 2.45. The lowest BCUT2D eigenvalue weighted by atomic mass is 10.1. The molecular formula is C17H20FNO2. The first-order valence-electron chi connectivity index (χ1n) is 6.96. The molecule has 4 heteroatoms. The number of halogens is 1. The van der Waals surface area contributed by atoms with Crippen LogP contribution in [0.2, 0.25) is 0 Å². The summed E-state index contributed by atoms with van der Waals surface area (Å²) in [4.78, 5) is 2.16. The molecule has 2 aromatic rings. The van der Waals surface area contributed by atoms with Gasteiger partial charge in [0.1, 0.15) is 5.82 Å². The van der Waals surface area contributed by atoms with Gasteiger partial charge in [-0.1, -0.05) is 6.07 Å². The van der Waals surface area contributed by atoms with Crippen LogP contribution in [0.15, 0.2) is 42.5 Å². The van der Waals surface area contributed by atoms with Gasteiger partial charge in [-0.05, 0) is 55.8 Å². The van der Waals surface area contributed by atoms with Gasteiger partial charge >= 0.3 is 0 Å². The lowest BCUT2D eigenvalue weighted by Gasteiger charge is -2.30. The topological polar surface area (TPSA) is 32.7 Å². The minimum atomic E-state index is -0.242. The quantitative estimate of drug-likeness (QED) is 0.898.